The van der Waals surface area contributed by atoms with E-state index in [2.05, 4.69) is 34.0 Å². The van der Waals surface area contributed by atoms with E-state index in [0.29, 0.717) is 5.82 Å². The third kappa shape index (κ3) is 4.67. The number of carbonyl (C=O) groups is 1. The minimum Gasteiger partial charge on any atom is -0.478 e. The van der Waals surface area contributed by atoms with E-state index in [1.807, 2.05) is 6.07 Å². The first-order valence-electron chi connectivity index (χ1n) is 7.81. The number of rotatable bonds is 8. The molecule has 0 unspecified atom stereocenters. The number of carboxylic acids is 1. The van der Waals surface area contributed by atoms with Gasteiger partial charge in [0.25, 0.3) is 0 Å². The topological polar surface area (TPSA) is 78.4 Å². The quantitative estimate of drug-likeness (QED) is 0.776. The zero-order valence-corrected chi connectivity index (χ0v) is 13.5. The maximum Gasteiger partial charge on any atom is 0.335 e. The highest BCUT2D eigenvalue weighted by atomic mass is 16.4. The van der Waals surface area contributed by atoms with Gasteiger partial charge in [-0.3, -0.25) is 0 Å². The van der Waals surface area contributed by atoms with E-state index in [-0.39, 0.29) is 5.56 Å². The molecule has 0 amide bonds. The van der Waals surface area contributed by atoms with Crippen molar-refractivity contribution in [1.82, 2.24) is 9.97 Å². The molecule has 0 spiro atoms. The molecule has 0 aliphatic heterocycles. The largest absolute Gasteiger partial charge is 0.478 e. The molecule has 0 aliphatic rings. The average molecular weight is 314 g/mol. The highest BCUT2D eigenvalue weighted by molar-refractivity contribution is 5.88. The van der Waals surface area contributed by atoms with Crippen LogP contribution < -0.4 is 10.2 Å². The highest BCUT2D eigenvalue weighted by Gasteiger charge is 2.08. The fourth-order valence-corrected chi connectivity index (χ4v) is 2.31. The zero-order valence-electron chi connectivity index (χ0n) is 13.5. The lowest BCUT2D eigenvalue weighted by molar-refractivity contribution is 0.0697. The normalized spacial score (nSPS) is 10.3. The minimum absolute atomic E-state index is 0.260. The van der Waals surface area contributed by atoms with Crippen LogP contribution in [0.25, 0.3) is 0 Å². The van der Waals surface area contributed by atoms with Crippen molar-refractivity contribution in [3.8, 4) is 0 Å². The van der Waals surface area contributed by atoms with Gasteiger partial charge in [-0.2, -0.15) is 0 Å². The summed E-state index contributed by atoms with van der Waals surface area (Å²) in [5, 5.41) is 12.1. The van der Waals surface area contributed by atoms with E-state index in [1.54, 1.807) is 30.6 Å². The van der Waals surface area contributed by atoms with Gasteiger partial charge < -0.3 is 15.3 Å². The molecule has 1 aromatic heterocycles. The fraction of sp³-hybridized carbons (Fsp3) is 0.353. The summed E-state index contributed by atoms with van der Waals surface area (Å²) in [5.74, 6) is 0.652. The van der Waals surface area contributed by atoms with E-state index in [4.69, 9.17) is 5.11 Å². The summed E-state index contributed by atoms with van der Waals surface area (Å²) in [5.41, 5.74) is 1.05. The molecule has 2 N–H and O–H groups in total. The fourth-order valence-electron chi connectivity index (χ4n) is 2.31. The molecule has 1 heterocycles. The Morgan fingerprint density at radius 2 is 1.78 bits per heavy atom. The molecule has 122 valence electrons. The van der Waals surface area contributed by atoms with Crippen LogP contribution in [-0.4, -0.2) is 34.1 Å². The number of anilines is 3. The maximum atomic E-state index is 10.9. The maximum absolute atomic E-state index is 10.9. The number of aromatic nitrogens is 2. The van der Waals surface area contributed by atoms with Crippen molar-refractivity contribution in [1.29, 1.82) is 0 Å². The summed E-state index contributed by atoms with van der Waals surface area (Å²) in [4.78, 5) is 21.7. The van der Waals surface area contributed by atoms with Crippen molar-refractivity contribution >= 4 is 23.3 Å². The van der Waals surface area contributed by atoms with E-state index in [1.165, 1.54) is 0 Å². The van der Waals surface area contributed by atoms with E-state index < -0.39 is 5.97 Å². The monoisotopic (exact) mass is 314 g/mol. The number of nitrogens with one attached hydrogen (secondary N) is 1. The first-order chi connectivity index (χ1) is 11.1. The Bertz CT molecular complexity index is 637. The van der Waals surface area contributed by atoms with Gasteiger partial charge in [0.05, 0.1) is 5.56 Å². The van der Waals surface area contributed by atoms with Crippen LogP contribution in [0.2, 0.25) is 0 Å². The molecule has 0 aliphatic carbocycles. The van der Waals surface area contributed by atoms with Crippen LogP contribution in [0.4, 0.5) is 17.3 Å². The van der Waals surface area contributed by atoms with Crippen LogP contribution >= 0.6 is 0 Å². The van der Waals surface area contributed by atoms with Crippen molar-refractivity contribution in [3.05, 3.63) is 42.2 Å². The number of carboxylic acid groups (broad SMARTS) is 1. The van der Waals surface area contributed by atoms with Gasteiger partial charge in [0, 0.05) is 24.8 Å². The standard InChI is InChI=1S/C17H22N4O2/c1-3-9-21(10-4-2)16-11-15(18-12-19-16)20-14-7-5-13(6-8-14)17(22)23/h5-8,11-12H,3-4,9-10H2,1-2H3,(H,22,23)(H,18,19,20). The van der Waals surface area contributed by atoms with Crippen molar-refractivity contribution in [2.75, 3.05) is 23.3 Å². The van der Waals surface area contributed by atoms with Crippen molar-refractivity contribution in [3.63, 3.8) is 0 Å². The SMILES string of the molecule is CCCN(CCC)c1cc(Nc2ccc(C(=O)O)cc2)ncn1. The van der Waals surface area contributed by atoms with Gasteiger partial charge in [-0.1, -0.05) is 13.8 Å². The molecule has 1 aromatic carbocycles. The molecule has 23 heavy (non-hydrogen) atoms. The van der Waals surface area contributed by atoms with Crippen molar-refractivity contribution in [2.24, 2.45) is 0 Å². The summed E-state index contributed by atoms with van der Waals surface area (Å²) >= 11 is 0. The summed E-state index contributed by atoms with van der Waals surface area (Å²) in [6.45, 7) is 6.20. The number of hydrogen-bond donors (Lipinski definition) is 2. The Labute approximate surface area is 136 Å². The lowest BCUT2D eigenvalue weighted by Crippen LogP contribution is -2.25. The second kappa shape index (κ2) is 8.12. The van der Waals surface area contributed by atoms with Crippen molar-refractivity contribution in [2.45, 2.75) is 26.7 Å². The van der Waals surface area contributed by atoms with Gasteiger partial charge in [0.1, 0.15) is 18.0 Å². The van der Waals surface area contributed by atoms with Crippen molar-refractivity contribution < 1.29 is 9.90 Å². The zero-order chi connectivity index (χ0) is 16.7. The van der Waals surface area contributed by atoms with E-state index >= 15 is 0 Å². The van der Waals surface area contributed by atoms with E-state index in [0.717, 1.165) is 37.4 Å². The van der Waals surface area contributed by atoms with Gasteiger partial charge in [0.15, 0.2) is 0 Å². The second-order valence-electron chi connectivity index (χ2n) is 5.26. The molecule has 2 rings (SSSR count). The molecule has 6 nitrogen and oxygen atoms in total. The summed E-state index contributed by atoms with van der Waals surface area (Å²) in [6.07, 6.45) is 3.66. The van der Waals surface area contributed by atoms with Gasteiger partial charge in [-0.05, 0) is 37.1 Å². The smallest absolute Gasteiger partial charge is 0.335 e. The number of nitrogens with zero attached hydrogens (tertiary/aromatic N) is 3. The van der Waals surface area contributed by atoms with E-state index in [9.17, 15) is 4.79 Å². The Kier molecular flexibility index (Phi) is 5.91. The highest BCUT2D eigenvalue weighted by Crippen LogP contribution is 2.19. The van der Waals surface area contributed by atoms with Gasteiger partial charge in [-0.25, -0.2) is 14.8 Å². The molecule has 2 aromatic rings. The first-order valence-corrected chi connectivity index (χ1v) is 7.81. The molecule has 0 saturated carbocycles. The Balaban J connectivity index is 2.14. The average Bonchev–Trinajstić information content (AvgIpc) is 2.55. The Morgan fingerprint density at radius 3 is 2.35 bits per heavy atom. The van der Waals surface area contributed by atoms with Crippen LogP contribution in [-0.2, 0) is 0 Å². The molecular formula is C17H22N4O2. The summed E-state index contributed by atoms with van der Waals surface area (Å²) in [6, 6.07) is 8.49. The first kappa shape index (κ1) is 16.7. The van der Waals surface area contributed by atoms with Gasteiger partial charge in [-0.15, -0.1) is 0 Å². The molecule has 0 saturated heterocycles. The predicted molar refractivity (Wildman–Crippen MR) is 91.5 cm³/mol. The van der Waals surface area contributed by atoms with Gasteiger partial charge in [0.2, 0.25) is 0 Å². The number of hydrogen-bond acceptors (Lipinski definition) is 5. The Hall–Kier alpha value is -2.63. The summed E-state index contributed by atoms with van der Waals surface area (Å²) < 4.78 is 0. The lowest BCUT2D eigenvalue weighted by Gasteiger charge is -2.22. The Morgan fingerprint density at radius 1 is 1.13 bits per heavy atom. The summed E-state index contributed by atoms with van der Waals surface area (Å²) in [7, 11) is 0. The number of aromatic carboxylic acids is 1. The number of benzene rings is 1. The molecule has 0 atom stereocenters. The molecule has 0 fully saturated rings. The third-order valence-corrected chi connectivity index (χ3v) is 3.37. The molecule has 0 radical (unpaired) electrons. The molecule has 0 bridgehead atoms. The third-order valence-electron chi connectivity index (χ3n) is 3.37. The second-order valence-corrected chi connectivity index (χ2v) is 5.26. The van der Waals surface area contributed by atoms with Crippen LogP contribution in [0.15, 0.2) is 36.7 Å². The minimum atomic E-state index is -0.935. The van der Waals surface area contributed by atoms with Crippen LogP contribution in [0.3, 0.4) is 0 Å². The molecular weight excluding hydrogens is 292 g/mol. The van der Waals surface area contributed by atoms with Gasteiger partial charge >= 0.3 is 5.97 Å². The lowest BCUT2D eigenvalue weighted by atomic mass is 10.2. The van der Waals surface area contributed by atoms with Crippen LogP contribution in [0, 0.1) is 0 Å². The van der Waals surface area contributed by atoms with Crippen LogP contribution in [0.1, 0.15) is 37.0 Å². The van der Waals surface area contributed by atoms with Crippen LogP contribution in [0.5, 0.6) is 0 Å². The molecule has 6 heteroatoms. The predicted octanol–water partition coefficient (Wildman–Crippen LogP) is 3.54.